The van der Waals surface area contributed by atoms with E-state index in [0.717, 1.165) is 18.8 Å². The lowest BCUT2D eigenvalue weighted by atomic mass is 10.0. The molecule has 5 rings (SSSR count). The number of hydrogen-bond acceptors (Lipinski definition) is 6. The topological polar surface area (TPSA) is 66.0 Å². The number of benzene rings is 2. The Hall–Kier alpha value is -4.13. The van der Waals surface area contributed by atoms with Gasteiger partial charge in [0.25, 0.3) is 11.8 Å². The second-order valence-corrected chi connectivity index (χ2v) is 8.28. The quantitative estimate of drug-likeness (QED) is 0.533. The third-order valence-corrected chi connectivity index (χ3v) is 6.29. The van der Waals surface area contributed by atoms with E-state index < -0.39 is 0 Å². The van der Waals surface area contributed by atoms with Crippen LogP contribution in [0.15, 0.2) is 84.7 Å². The van der Waals surface area contributed by atoms with Crippen LogP contribution in [-0.4, -0.2) is 59.9 Å². The molecule has 0 bridgehead atoms. The number of carbonyl (C=O) groups excluding carboxylic acids is 2. The third kappa shape index (κ3) is 4.12. The van der Waals surface area contributed by atoms with Gasteiger partial charge in [-0.15, -0.1) is 0 Å². The number of anilines is 1. The van der Waals surface area contributed by atoms with Gasteiger partial charge in [-0.2, -0.15) is 0 Å². The monoisotopic (exact) mass is 454 g/mol. The molecular formula is C27H26N4O3. The van der Waals surface area contributed by atoms with Crippen molar-refractivity contribution < 1.29 is 14.3 Å². The van der Waals surface area contributed by atoms with Crippen LogP contribution >= 0.6 is 0 Å². The molecule has 2 aliphatic rings. The molecule has 172 valence electrons. The van der Waals surface area contributed by atoms with Crippen LogP contribution in [0, 0.1) is 0 Å². The molecule has 34 heavy (non-hydrogen) atoms. The molecule has 0 N–H and O–H groups in total. The Morgan fingerprint density at radius 2 is 1.47 bits per heavy atom. The fourth-order valence-electron chi connectivity index (χ4n) is 4.50. The van der Waals surface area contributed by atoms with Gasteiger partial charge >= 0.3 is 0 Å². The second-order valence-electron chi connectivity index (χ2n) is 8.28. The molecule has 0 aliphatic carbocycles. The zero-order valence-electron chi connectivity index (χ0n) is 19.1. The molecule has 1 saturated heterocycles. The average Bonchev–Trinajstić information content (AvgIpc) is 3.15. The zero-order valence-corrected chi connectivity index (χ0v) is 19.1. The van der Waals surface area contributed by atoms with E-state index in [1.54, 1.807) is 13.3 Å². The van der Waals surface area contributed by atoms with E-state index in [-0.39, 0.29) is 18.4 Å². The van der Waals surface area contributed by atoms with Gasteiger partial charge in [0, 0.05) is 38.1 Å². The number of hydrogen-bond donors (Lipinski definition) is 0. The van der Waals surface area contributed by atoms with E-state index in [1.165, 1.54) is 4.90 Å². The summed E-state index contributed by atoms with van der Waals surface area (Å²) in [5.74, 6) is 0.139. The van der Waals surface area contributed by atoms with Crippen molar-refractivity contribution in [3.63, 3.8) is 0 Å². The number of ether oxygens (including phenoxy) is 1. The summed E-state index contributed by atoms with van der Waals surface area (Å²) >= 11 is 0. The van der Waals surface area contributed by atoms with E-state index in [9.17, 15) is 9.59 Å². The van der Waals surface area contributed by atoms with E-state index in [0.29, 0.717) is 41.4 Å². The summed E-state index contributed by atoms with van der Waals surface area (Å²) in [6.07, 6.45) is 1.67. The Morgan fingerprint density at radius 3 is 2.12 bits per heavy atom. The van der Waals surface area contributed by atoms with Crippen LogP contribution in [0.25, 0.3) is 5.57 Å². The van der Waals surface area contributed by atoms with Crippen molar-refractivity contribution in [2.45, 2.75) is 6.54 Å². The molecule has 0 spiro atoms. The van der Waals surface area contributed by atoms with Crippen molar-refractivity contribution >= 4 is 23.1 Å². The van der Waals surface area contributed by atoms with Gasteiger partial charge in [-0.1, -0.05) is 36.4 Å². The smallest absolute Gasteiger partial charge is 0.278 e. The molecule has 0 saturated carbocycles. The Kier molecular flexibility index (Phi) is 5.99. The first-order valence-corrected chi connectivity index (χ1v) is 11.4. The van der Waals surface area contributed by atoms with Crippen LogP contribution in [0.3, 0.4) is 0 Å². The molecule has 3 heterocycles. The Balaban J connectivity index is 1.45. The number of imide groups is 1. The van der Waals surface area contributed by atoms with Gasteiger partial charge in [-0.25, -0.2) is 0 Å². The van der Waals surface area contributed by atoms with E-state index in [2.05, 4.69) is 26.9 Å². The molecule has 0 unspecified atom stereocenters. The normalized spacial score (nSPS) is 16.4. The fraction of sp³-hybridized carbons (Fsp3) is 0.222. The lowest BCUT2D eigenvalue weighted by molar-refractivity contribution is -0.138. The number of carbonyl (C=O) groups is 2. The summed E-state index contributed by atoms with van der Waals surface area (Å²) in [5, 5.41) is 0. The van der Waals surface area contributed by atoms with Crippen molar-refractivity contribution in [2.24, 2.45) is 0 Å². The maximum atomic E-state index is 13.6. The van der Waals surface area contributed by atoms with Gasteiger partial charge in [0.15, 0.2) is 0 Å². The number of amides is 2. The fourth-order valence-corrected chi connectivity index (χ4v) is 4.50. The number of nitrogens with zero attached hydrogens (tertiary/aromatic N) is 4. The average molecular weight is 455 g/mol. The maximum Gasteiger partial charge on any atom is 0.278 e. The van der Waals surface area contributed by atoms with Gasteiger partial charge in [0.2, 0.25) is 0 Å². The molecule has 7 heteroatoms. The number of methoxy groups -OCH3 is 1. The summed E-state index contributed by atoms with van der Waals surface area (Å²) in [4.78, 5) is 37.2. The minimum atomic E-state index is -0.290. The zero-order chi connectivity index (χ0) is 23.5. The molecule has 2 aliphatic heterocycles. The third-order valence-electron chi connectivity index (χ3n) is 6.29. The summed E-state index contributed by atoms with van der Waals surface area (Å²) in [6, 6.07) is 23.0. The number of para-hydroxylation sites is 1. The van der Waals surface area contributed by atoms with Gasteiger partial charge in [0.05, 0.1) is 24.9 Å². The molecule has 1 fully saturated rings. The van der Waals surface area contributed by atoms with E-state index in [4.69, 9.17) is 4.74 Å². The summed E-state index contributed by atoms with van der Waals surface area (Å²) in [7, 11) is 1.60. The van der Waals surface area contributed by atoms with Crippen molar-refractivity contribution in [1.82, 2.24) is 14.8 Å². The first-order chi connectivity index (χ1) is 16.7. The highest BCUT2D eigenvalue weighted by Crippen LogP contribution is 2.34. The van der Waals surface area contributed by atoms with Crippen molar-refractivity contribution in [2.75, 3.05) is 38.2 Å². The van der Waals surface area contributed by atoms with Crippen molar-refractivity contribution in [3.8, 4) is 5.75 Å². The highest BCUT2D eigenvalue weighted by Gasteiger charge is 2.42. The molecule has 2 amide bonds. The van der Waals surface area contributed by atoms with Crippen LogP contribution in [-0.2, 0) is 16.1 Å². The molecule has 2 aromatic carbocycles. The first-order valence-electron chi connectivity index (χ1n) is 11.4. The summed E-state index contributed by atoms with van der Waals surface area (Å²) < 4.78 is 5.27. The minimum absolute atomic E-state index is 0.144. The summed E-state index contributed by atoms with van der Waals surface area (Å²) in [6.45, 7) is 2.99. The van der Waals surface area contributed by atoms with E-state index >= 15 is 0 Å². The Morgan fingerprint density at radius 1 is 0.794 bits per heavy atom. The van der Waals surface area contributed by atoms with Gasteiger partial charge in [0.1, 0.15) is 11.4 Å². The predicted octanol–water partition coefficient (Wildman–Crippen LogP) is 3.19. The highest BCUT2D eigenvalue weighted by molar-refractivity contribution is 6.35. The molecule has 1 aromatic heterocycles. The predicted molar refractivity (Wildman–Crippen MR) is 130 cm³/mol. The number of aromatic nitrogens is 1. The molecule has 7 nitrogen and oxygen atoms in total. The minimum Gasteiger partial charge on any atom is -0.497 e. The Labute approximate surface area is 198 Å². The van der Waals surface area contributed by atoms with Gasteiger partial charge in [-0.05, 0) is 42.0 Å². The van der Waals surface area contributed by atoms with Crippen LogP contribution in [0.5, 0.6) is 5.75 Å². The lowest BCUT2D eigenvalue weighted by Crippen LogP contribution is -2.47. The highest BCUT2D eigenvalue weighted by atomic mass is 16.5. The maximum absolute atomic E-state index is 13.6. The summed E-state index contributed by atoms with van der Waals surface area (Å²) in [5.41, 5.74) is 3.46. The standard InChI is InChI=1S/C27H26N4O3/c1-34-23-12-10-20(11-13-23)24-25(27(33)31(26(24)32)19-21-7-5-6-14-28-21)30-17-15-29(16-18-30)22-8-3-2-4-9-22/h2-14H,15-19H2,1H3. The number of pyridine rings is 1. The van der Waals surface area contributed by atoms with Gasteiger partial charge < -0.3 is 14.5 Å². The molecule has 0 radical (unpaired) electrons. The molecule has 0 atom stereocenters. The van der Waals surface area contributed by atoms with Crippen LogP contribution in [0.4, 0.5) is 5.69 Å². The molecule has 3 aromatic rings. The number of piperazine rings is 1. The van der Waals surface area contributed by atoms with Crippen LogP contribution < -0.4 is 9.64 Å². The van der Waals surface area contributed by atoms with Crippen LogP contribution in [0.1, 0.15) is 11.3 Å². The largest absolute Gasteiger partial charge is 0.497 e. The van der Waals surface area contributed by atoms with Crippen LogP contribution in [0.2, 0.25) is 0 Å². The second kappa shape index (κ2) is 9.39. The first kappa shape index (κ1) is 21.7. The SMILES string of the molecule is COc1ccc(C2=C(N3CCN(c4ccccc4)CC3)C(=O)N(Cc3ccccn3)C2=O)cc1. The molecular weight excluding hydrogens is 428 g/mol. The van der Waals surface area contributed by atoms with Gasteiger partial charge in [-0.3, -0.25) is 19.5 Å². The number of rotatable bonds is 6. The Bertz CT molecular complexity index is 1200. The van der Waals surface area contributed by atoms with Crippen molar-refractivity contribution in [3.05, 3.63) is 95.9 Å². The lowest BCUT2D eigenvalue weighted by Gasteiger charge is -2.37. The van der Waals surface area contributed by atoms with E-state index in [1.807, 2.05) is 60.7 Å². The van der Waals surface area contributed by atoms with Crippen molar-refractivity contribution in [1.29, 1.82) is 0 Å².